The van der Waals surface area contributed by atoms with Gasteiger partial charge < -0.3 is 10.6 Å². The summed E-state index contributed by atoms with van der Waals surface area (Å²) in [5, 5.41) is 12.0. The van der Waals surface area contributed by atoms with E-state index in [-0.39, 0.29) is 18.0 Å². The Morgan fingerprint density at radius 2 is 1.81 bits per heavy atom. The second-order valence-corrected chi connectivity index (χ2v) is 8.71. The van der Waals surface area contributed by atoms with Crippen molar-refractivity contribution in [1.29, 1.82) is 0 Å². The SMILES string of the molecule is Cc1ccc(-n2nc(C)c([C@H]3C=C[C@@H](NC(=O)Nc4ccc(Cl)cc4)C3)c2C)cc1Cl. The lowest BCUT2D eigenvalue weighted by molar-refractivity contribution is 0.250. The van der Waals surface area contributed by atoms with Crippen LogP contribution in [0.5, 0.6) is 0 Å². The highest BCUT2D eigenvalue weighted by Gasteiger charge is 2.27. The molecule has 1 heterocycles. The first-order valence-corrected chi connectivity index (χ1v) is 10.9. The van der Waals surface area contributed by atoms with Crippen molar-refractivity contribution in [3.05, 3.63) is 87.2 Å². The highest BCUT2D eigenvalue weighted by molar-refractivity contribution is 6.31. The number of halogens is 2. The maximum absolute atomic E-state index is 12.4. The maximum Gasteiger partial charge on any atom is 0.319 e. The molecule has 0 saturated heterocycles. The zero-order chi connectivity index (χ0) is 22.1. The van der Waals surface area contributed by atoms with Gasteiger partial charge in [-0.05, 0) is 69.2 Å². The average Bonchev–Trinajstić information content (AvgIpc) is 3.29. The van der Waals surface area contributed by atoms with Crippen LogP contribution in [0.2, 0.25) is 10.0 Å². The number of anilines is 1. The van der Waals surface area contributed by atoms with E-state index in [1.54, 1.807) is 24.3 Å². The van der Waals surface area contributed by atoms with Crippen LogP contribution >= 0.6 is 23.2 Å². The Bertz CT molecular complexity index is 1150. The van der Waals surface area contributed by atoms with Gasteiger partial charge in [0.15, 0.2) is 0 Å². The van der Waals surface area contributed by atoms with Gasteiger partial charge in [-0.15, -0.1) is 0 Å². The molecule has 160 valence electrons. The zero-order valence-electron chi connectivity index (χ0n) is 17.6. The van der Waals surface area contributed by atoms with Crippen molar-refractivity contribution in [2.45, 2.75) is 39.2 Å². The summed E-state index contributed by atoms with van der Waals surface area (Å²) in [6.45, 7) is 6.08. The summed E-state index contributed by atoms with van der Waals surface area (Å²) in [6.07, 6.45) is 4.98. The molecule has 2 aromatic carbocycles. The molecule has 3 aromatic rings. The number of hydrogen-bond acceptors (Lipinski definition) is 2. The third-order valence-electron chi connectivity index (χ3n) is 5.62. The van der Waals surface area contributed by atoms with Crippen molar-refractivity contribution < 1.29 is 4.79 Å². The fraction of sp³-hybridized carbons (Fsp3) is 0.250. The Labute approximate surface area is 192 Å². The number of allylic oxidation sites excluding steroid dienone is 1. The van der Waals surface area contributed by atoms with E-state index < -0.39 is 0 Å². The largest absolute Gasteiger partial charge is 0.332 e. The van der Waals surface area contributed by atoms with Crippen LogP contribution in [0, 0.1) is 20.8 Å². The molecule has 0 bridgehead atoms. The number of rotatable bonds is 4. The Morgan fingerprint density at radius 1 is 1.06 bits per heavy atom. The molecule has 0 saturated carbocycles. The second kappa shape index (κ2) is 8.77. The van der Waals surface area contributed by atoms with Crippen molar-refractivity contribution in [1.82, 2.24) is 15.1 Å². The van der Waals surface area contributed by atoms with Crippen LogP contribution in [0.15, 0.2) is 54.6 Å². The average molecular weight is 455 g/mol. The Hall–Kier alpha value is -2.76. The van der Waals surface area contributed by atoms with E-state index in [2.05, 4.69) is 23.6 Å². The number of benzene rings is 2. The lowest BCUT2D eigenvalue weighted by Crippen LogP contribution is -2.36. The van der Waals surface area contributed by atoms with Crippen molar-refractivity contribution in [3.8, 4) is 5.69 Å². The molecular weight excluding hydrogens is 431 g/mol. The standard InChI is InChI=1S/C24H24Cl2N4O/c1-14-4-11-21(13-22(14)26)30-16(3)23(15(2)29-30)17-5-8-20(12-17)28-24(31)27-19-9-6-18(25)7-10-19/h4-11,13,17,20H,12H2,1-3H3,(H2,27,28,31)/t17-,20+/m0/s1. The topological polar surface area (TPSA) is 59.0 Å². The van der Waals surface area contributed by atoms with Gasteiger partial charge in [-0.25, -0.2) is 9.48 Å². The Balaban J connectivity index is 1.45. The van der Waals surface area contributed by atoms with Gasteiger partial charge in [-0.2, -0.15) is 5.10 Å². The van der Waals surface area contributed by atoms with E-state index in [1.807, 2.05) is 42.8 Å². The highest BCUT2D eigenvalue weighted by Crippen LogP contribution is 2.34. The van der Waals surface area contributed by atoms with Gasteiger partial charge in [0, 0.05) is 38.9 Å². The molecule has 2 N–H and O–H groups in total. The molecule has 5 nitrogen and oxygen atoms in total. The lowest BCUT2D eigenvalue weighted by atomic mass is 9.96. The van der Waals surface area contributed by atoms with Crippen molar-refractivity contribution >= 4 is 34.9 Å². The first-order chi connectivity index (χ1) is 14.8. The van der Waals surface area contributed by atoms with Crippen LogP contribution < -0.4 is 10.6 Å². The number of aromatic nitrogens is 2. The van der Waals surface area contributed by atoms with Gasteiger partial charge in [0.1, 0.15) is 0 Å². The number of amides is 2. The molecule has 1 aromatic heterocycles. The van der Waals surface area contributed by atoms with E-state index in [0.29, 0.717) is 10.7 Å². The van der Waals surface area contributed by atoms with Crippen molar-refractivity contribution in [2.75, 3.05) is 5.32 Å². The van der Waals surface area contributed by atoms with Crippen LogP contribution in [-0.4, -0.2) is 21.9 Å². The number of carbonyl (C=O) groups is 1. The number of urea groups is 1. The van der Waals surface area contributed by atoms with E-state index >= 15 is 0 Å². The Kier molecular flexibility index (Phi) is 6.08. The van der Waals surface area contributed by atoms with Crippen LogP contribution in [0.25, 0.3) is 5.69 Å². The quantitative estimate of drug-likeness (QED) is 0.451. The molecule has 1 aliphatic rings. The first-order valence-electron chi connectivity index (χ1n) is 10.2. The maximum atomic E-state index is 12.4. The monoisotopic (exact) mass is 454 g/mol. The number of hydrogen-bond donors (Lipinski definition) is 2. The molecule has 0 fully saturated rings. The molecule has 0 aliphatic heterocycles. The first kappa shape index (κ1) is 21.5. The number of nitrogens with zero attached hydrogens (tertiary/aromatic N) is 2. The molecule has 0 radical (unpaired) electrons. The van der Waals surface area contributed by atoms with E-state index in [0.717, 1.165) is 34.1 Å². The molecule has 1 aliphatic carbocycles. The highest BCUT2D eigenvalue weighted by atomic mass is 35.5. The molecule has 0 unspecified atom stereocenters. The fourth-order valence-electron chi connectivity index (χ4n) is 4.05. The van der Waals surface area contributed by atoms with Crippen molar-refractivity contribution in [3.63, 3.8) is 0 Å². The minimum Gasteiger partial charge on any atom is -0.332 e. The van der Waals surface area contributed by atoms with Crippen LogP contribution in [0.3, 0.4) is 0 Å². The lowest BCUT2D eigenvalue weighted by Gasteiger charge is -2.15. The minimum atomic E-state index is -0.240. The molecule has 2 atom stereocenters. The molecule has 31 heavy (non-hydrogen) atoms. The van der Waals surface area contributed by atoms with E-state index in [9.17, 15) is 4.79 Å². The van der Waals surface area contributed by atoms with Crippen LogP contribution in [-0.2, 0) is 0 Å². The molecule has 0 spiro atoms. The Morgan fingerprint density at radius 3 is 2.52 bits per heavy atom. The minimum absolute atomic E-state index is 0.0479. The van der Waals surface area contributed by atoms with Gasteiger partial charge in [-0.1, -0.05) is 41.4 Å². The number of aryl methyl sites for hydroxylation is 2. The number of carbonyl (C=O) groups excluding carboxylic acids is 1. The zero-order valence-corrected chi connectivity index (χ0v) is 19.1. The third-order valence-corrected chi connectivity index (χ3v) is 6.28. The third kappa shape index (κ3) is 4.63. The summed E-state index contributed by atoms with van der Waals surface area (Å²) < 4.78 is 1.94. The summed E-state index contributed by atoms with van der Waals surface area (Å²) in [5.41, 5.74) is 5.94. The summed E-state index contributed by atoms with van der Waals surface area (Å²) >= 11 is 12.2. The van der Waals surface area contributed by atoms with E-state index in [4.69, 9.17) is 28.3 Å². The molecular formula is C24H24Cl2N4O. The molecule has 4 rings (SSSR count). The normalized spacial score (nSPS) is 17.7. The summed E-state index contributed by atoms with van der Waals surface area (Å²) in [4.78, 5) is 12.4. The second-order valence-electron chi connectivity index (χ2n) is 7.87. The van der Waals surface area contributed by atoms with Crippen molar-refractivity contribution in [2.24, 2.45) is 0 Å². The predicted molar refractivity (Wildman–Crippen MR) is 127 cm³/mol. The summed E-state index contributed by atoms with van der Waals surface area (Å²) in [5.74, 6) is 0.190. The van der Waals surface area contributed by atoms with Gasteiger partial charge in [0.25, 0.3) is 0 Å². The predicted octanol–water partition coefficient (Wildman–Crippen LogP) is 6.34. The molecule has 2 amide bonds. The molecule has 7 heteroatoms. The van der Waals surface area contributed by atoms with Crippen LogP contribution in [0.1, 0.15) is 34.9 Å². The van der Waals surface area contributed by atoms with E-state index in [1.165, 1.54) is 5.56 Å². The summed E-state index contributed by atoms with van der Waals surface area (Å²) in [6, 6.07) is 12.7. The van der Waals surface area contributed by atoms with Gasteiger partial charge in [0.05, 0.1) is 11.4 Å². The van der Waals surface area contributed by atoms with Crippen LogP contribution in [0.4, 0.5) is 10.5 Å². The van der Waals surface area contributed by atoms with Gasteiger partial charge >= 0.3 is 6.03 Å². The summed E-state index contributed by atoms with van der Waals surface area (Å²) in [7, 11) is 0. The van der Waals surface area contributed by atoms with Gasteiger partial charge in [0.2, 0.25) is 0 Å². The smallest absolute Gasteiger partial charge is 0.319 e. The fourth-order valence-corrected chi connectivity index (χ4v) is 4.35. The van der Waals surface area contributed by atoms with Gasteiger partial charge in [-0.3, -0.25) is 0 Å². The number of nitrogens with one attached hydrogen (secondary N) is 2.